The summed E-state index contributed by atoms with van der Waals surface area (Å²) in [4.78, 5) is 30.2. The van der Waals surface area contributed by atoms with Gasteiger partial charge in [0.1, 0.15) is 13.1 Å². The van der Waals surface area contributed by atoms with E-state index in [2.05, 4.69) is 4.98 Å². The first-order chi connectivity index (χ1) is 9.72. The molecule has 0 aliphatic carbocycles. The molecule has 2 aliphatic heterocycles. The number of hydrogen-bond acceptors (Lipinski definition) is 3. The Morgan fingerprint density at radius 1 is 0.900 bits per heavy atom. The van der Waals surface area contributed by atoms with Crippen LogP contribution in [0.2, 0.25) is 0 Å². The van der Waals surface area contributed by atoms with Crippen molar-refractivity contribution in [3.63, 3.8) is 0 Å². The topological polar surface area (TPSA) is 53.0 Å². The smallest absolute Gasteiger partial charge is 0.247 e. The first kappa shape index (κ1) is 11.2. The molecule has 2 aliphatic rings. The van der Waals surface area contributed by atoms with Crippen LogP contribution in [0.15, 0.2) is 42.7 Å². The highest BCUT2D eigenvalue weighted by atomic mass is 16.2. The summed E-state index contributed by atoms with van der Waals surface area (Å²) in [6.07, 6.45) is 3.49. The van der Waals surface area contributed by atoms with E-state index < -0.39 is 0 Å². The molecule has 5 nitrogen and oxygen atoms in total. The van der Waals surface area contributed by atoms with Crippen LogP contribution in [0.1, 0.15) is 0 Å². The minimum absolute atomic E-state index is 0.108. The van der Waals surface area contributed by atoms with Crippen molar-refractivity contribution in [3.8, 4) is 11.1 Å². The molecule has 0 saturated carbocycles. The summed E-state index contributed by atoms with van der Waals surface area (Å²) in [5, 5.41) is 0. The Bertz CT molecular complexity index is 687. The van der Waals surface area contributed by atoms with Gasteiger partial charge in [0.25, 0.3) is 0 Å². The Morgan fingerprint density at radius 3 is 1.95 bits per heavy atom. The number of amides is 2. The fourth-order valence-electron chi connectivity index (χ4n) is 2.28. The van der Waals surface area contributed by atoms with Crippen LogP contribution in [0.3, 0.4) is 0 Å². The van der Waals surface area contributed by atoms with Crippen molar-refractivity contribution in [2.75, 3.05) is 22.9 Å². The minimum Gasteiger partial charge on any atom is -0.301 e. The predicted octanol–water partition coefficient (Wildman–Crippen LogP) is 1.44. The Balaban J connectivity index is 1.81. The van der Waals surface area contributed by atoms with Crippen molar-refractivity contribution in [2.24, 2.45) is 0 Å². The zero-order valence-corrected chi connectivity index (χ0v) is 10.6. The quantitative estimate of drug-likeness (QED) is 0.789. The van der Waals surface area contributed by atoms with Gasteiger partial charge in [-0.2, -0.15) is 0 Å². The molecule has 3 heterocycles. The number of carbonyl (C=O) groups is 2. The summed E-state index contributed by atoms with van der Waals surface area (Å²) >= 11 is 0. The van der Waals surface area contributed by atoms with Gasteiger partial charge in [-0.3, -0.25) is 14.6 Å². The highest BCUT2D eigenvalue weighted by molar-refractivity contribution is 6.15. The molecule has 0 atom stereocenters. The Hall–Kier alpha value is -2.69. The third-order valence-electron chi connectivity index (χ3n) is 3.50. The number of carbonyl (C=O) groups excluding carboxylic acids is 2. The highest BCUT2D eigenvalue weighted by Crippen LogP contribution is 2.35. The standard InChI is InChI=1S/C15H11N3O2/c19-14-8-17(14)12-4-11(10-2-1-3-16-7-10)5-13(6-12)18-9-15(18)20/h1-7H,8-9H2. The summed E-state index contributed by atoms with van der Waals surface area (Å²) in [5.74, 6) is 0.216. The normalized spacial score (nSPS) is 16.6. The second-order valence-corrected chi connectivity index (χ2v) is 4.94. The lowest BCUT2D eigenvalue weighted by molar-refractivity contribution is -0.110. The molecule has 0 bridgehead atoms. The van der Waals surface area contributed by atoms with Crippen molar-refractivity contribution in [1.29, 1.82) is 0 Å². The Labute approximate surface area is 115 Å². The van der Waals surface area contributed by atoms with Crippen LogP contribution in [-0.4, -0.2) is 29.9 Å². The molecule has 20 heavy (non-hydrogen) atoms. The number of pyridine rings is 1. The van der Waals surface area contributed by atoms with Gasteiger partial charge in [-0.1, -0.05) is 6.07 Å². The Kier molecular flexibility index (Phi) is 2.18. The van der Waals surface area contributed by atoms with Crippen LogP contribution in [0.25, 0.3) is 11.1 Å². The number of anilines is 2. The third kappa shape index (κ3) is 1.84. The molecule has 2 saturated heterocycles. The molecule has 1 aromatic heterocycles. The molecule has 1 aromatic carbocycles. The number of aromatic nitrogens is 1. The monoisotopic (exact) mass is 265 g/mol. The number of hydrogen-bond donors (Lipinski definition) is 0. The van der Waals surface area contributed by atoms with Crippen LogP contribution in [0, 0.1) is 0 Å². The zero-order chi connectivity index (χ0) is 13.7. The van der Waals surface area contributed by atoms with E-state index in [9.17, 15) is 9.59 Å². The number of rotatable bonds is 3. The van der Waals surface area contributed by atoms with Crippen molar-refractivity contribution in [1.82, 2.24) is 4.98 Å². The summed E-state index contributed by atoms with van der Waals surface area (Å²) in [6, 6.07) is 9.63. The SMILES string of the molecule is O=C1CN1c1cc(-c2cccnc2)cc(N2CC2=O)c1. The van der Waals surface area contributed by atoms with Crippen molar-refractivity contribution in [3.05, 3.63) is 42.7 Å². The van der Waals surface area contributed by atoms with Crippen molar-refractivity contribution in [2.45, 2.75) is 0 Å². The summed E-state index contributed by atoms with van der Waals surface area (Å²) < 4.78 is 0. The van der Waals surface area contributed by atoms with Crippen molar-refractivity contribution < 1.29 is 9.59 Å². The largest absolute Gasteiger partial charge is 0.301 e. The maximum Gasteiger partial charge on any atom is 0.247 e. The first-order valence-electron chi connectivity index (χ1n) is 6.38. The number of nitrogens with zero attached hydrogens (tertiary/aromatic N) is 3. The van der Waals surface area contributed by atoms with E-state index in [-0.39, 0.29) is 11.8 Å². The maximum atomic E-state index is 11.3. The van der Waals surface area contributed by atoms with E-state index >= 15 is 0 Å². The highest BCUT2D eigenvalue weighted by Gasteiger charge is 2.35. The van der Waals surface area contributed by atoms with Gasteiger partial charge in [0.05, 0.1) is 0 Å². The molecule has 0 spiro atoms. The second kappa shape index (κ2) is 3.90. The van der Waals surface area contributed by atoms with Gasteiger partial charge in [0, 0.05) is 29.3 Å². The van der Waals surface area contributed by atoms with E-state index in [1.165, 1.54) is 0 Å². The molecular formula is C15H11N3O2. The molecular weight excluding hydrogens is 254 g/mol. The van der Waals surface area contributed by atoms with Crippen molar-refractivity contribution >= 4 is 23.2 Å². The fraction of sp³-hybridized carbons (Fsp3) is 0.133. The van der Waals surface area contributed by atoms with Crippen LogP contribution in [-0.2, 0) is 9.59 Å². The Morgan fingerprint density at radius 2 is 1.50 bits per heavy atom. The third-order valence-corrected chi connectivity index (χ3v) is 3.50. The molecule has 5 heteroatoms. The van der Waals surface area contributed by atoms with Crippen LogP contribution in [0.4, 0.5) is 11.4 Å². The average Bonchev–Trinajstić information content (AvgIpc) is 3.38. The molecule has 98 valence electrons. The van der Waals surface area contributed by atoms with Crippen LogP contribution in [0.5, 0.6) is 0 Å². The summed E-state index contributed by atoms with van der Waals surface area (Å²) in [6.45, 7) is 0.897. The minimum atomic E-state index is 0.108. The van der Waals surface area contributed by atoms with E-state index in [1.807, 2.05) is 30.3 Å². The molecule has 0 unspecified atom stereocenters. The molecule has 2 aromatic rings. The van der Waals surface area contributed by atoms with Crippen LogP contribution >= 0.6 is 0 Å². The lowest BCUT2D eigenvalue weighted by Gasteiger charge is -2.10. The van der Waals surface area contributed by atoms with Gasteiger partial charge in [-0.25, -0.2) is 0 Å². The van der Waals surface area contributed by atoms with Gasteiger partial charge < -0.3 is 9.80 Å². The predicted molar refractivity (Wildman–Crippen MR) is 74.4 cm³/mol. The van der Waals surface area contributed by atoms with E-state index in [0.29, 0.717) is 13.1 Å². The summed E-state index contributed by atoms with van der Waals surface area (Å²) in [7, 11) is 0. The molecule has 4 rings (SSSR count). The van der Waals surface area contributed by atoms with Crippen LogP contribution < -0.4 is 9.80 Å². The van der Waals surface area contributed by atoms with Gasteiger partial charge in [-0.05, 0) is 29.8 Å². The lowest BCUT2D eigenvalue weighted by atomic mass is 10.1. The van der Waals surface area contributed by atoms with Gasteiger partial charge in [0.15, 0.2) is 0 Å². The van der Waals surface area contributed by atoms with E-state index in [1.54, 1.807) is 22.2 Å². The average molecular weight is 265 g/mol. The second-order valence-electron chi connectivity index (χ2n) is 4.94. The summed E-state index contributed by atoms with van der Waals surface area (Å²) in [5.41, 5.74) is 3.61. The van der Waals surface area contributed by atoms with Gasteiger partial charge >= 0.3 is 0 Å². The van der Waals surface area contributed by atoms with Gasteiger partial charge in [0.2, 0.25) is 11.8 Å². The number of benzene rings is 1. The lowest BCUT2D eigenvalue weighted by Crippen LogP contribution is -1.99. The molecule has 2 amide bonds. The maximum absolute atomic E-state index is 11.3. The molecule has 0 radical (unpaired) electrons. The molecule has 0 N–H and O–H groups in total. The van der Waals surface area contributed by atoms with E-state index in [0.717, 1.165) is 22.5 Å². The fourth-order valence-corrected chi connectivity index (χ4v) is 2.28. The zero-order valence-electron chi connectivity index (χ0n) is 10.6. The van der Waals surface area contributed by atoms with E-state index in [4.69, 9.17) is 0 Å². The van der Waals surface area contributed by atoms with Gasteiger partial charge in [-0.15, -0.1) is 0 Å². The first-order valence-corrected chi connectivity index (χ1v) is 6.38. The molecule has 2 fully saturated rings.